The minimum Gasteiger partial charge on any atom is -0.489 e. The number of carbonyl (C=O) groups excluding carboxylic acids is 1. The number of ether oxygens (including phenoxy) is 1. The standard InChI is InChI=1S/C22H22ClFN4O3/c1-11-20(23)12(2)28-21(25-11)17-9-27(10-18(17)26-28)22(30)16-6-3-13(24)7-19(16)31-15-5-4-14(29)8-15/h3,6-7,14-15,29H,4-5,8-10H2,1-2H3/t14-,15-/m1/s1. The second-order valence-corrected chi connectivity index (χ2v) is 8.64. The van der Waals surface area contributed by atoms with Crippen molar-refractivity contribution in [3.8, 4) is 5.75 Å². The van der Waals surface area contributed by atoms with Gasteiger partial charge in [-0.2, -0.15) is 5.10 Å². The Morgan fingerprint density at radius 1 is 1.29 bits per heavy atom. The maximum atomic E-state index is 13.9. The number of aliphatic hydroxyl groups excluding tert-OH is 1. The molecule has 1 aromatic carbocycles. The van der Waals surface area contributed by atoms with E-state index in [0.29, 0.717) is 54.3 Å². The van der Waals surface area contributed by atoms with Crippen molar-refractivity contribution in [2.75, 3.05) is 0 Å². The number of aryl methyl sites for hydroxylation is 2. The summed E-state index contributed by atoms with van der Waals surface area (Å²) < 4.78 is 21.5. The molecule has 0 radical (unpaired) electrons. The van der Waals surface area contributed by atoms with Gasteiger partial charge in [0.1, 0.15) is 17.7 Å². The zero-order valence-electron chi connectivity index (χ0n) is 17.2. The highest BCUT2D eigenvalue weighted by molar-refractivity contribution is 6.31. The molecule has 0 spiro atoms. The molecule has 0 saturated heterocycles. The number of benzene rings is 1. The number of fused-ring (bicyclic) bond motifs is 3. The maximum absolute atomic E-state index is 13.9. The van der Waals surface area contributed by atoms with E-state index in [2.05, 4.69) is 10.1 Å². The van der Waals surface area contributed by atoms with Crippen LogP contribution in [-0.4, -0.2) is 42.7 Å². The number of aliphatic hydroxyl groups is 1. The first-order valence-electron chi connectivity index (χ1n) is 10.3. The molecule has 5 rings (SSSR count). The van der Waals surface area contributed by atoms with Gasteiger partial charge >= 0.3 is 0 Å². The van der Waals surface area contributed by atoms with Gasteiger partial charge in [0.05, 0.1) is 46.9 Å². The SMILES string of the molecule is Cc1nc2c3c(nn2c(C)c1Cl)CN(C(=O)c1ccc(F)cc1O[C@@H]1CC[C@@H](O)C1)C3. The van der Waals surface area contributed by atoms with Gasteiger partial charge in [-0.05, 0) is 38.8 Å². The molecule has 7 nitrogen and oxygen atoms in total. The van der Waals surface area contributed by atoms with Gasteiger partial charge < -0.3 is 14.7 Å². The lowest BCUT2D eigenvalue weighted by Gasteiger charge is -2.20. The van der Waals surface area contributed by atoms with Crippen LogP contribution in [0.1, 0.15) is 52.3 Å². The van der Waals surface area contributed by atoms with Gasteiger partial charge in [-0.15, -0.1) is 0 Å². The van der Waals surface area contributed by atoms with E-state index in [1.807, 2.05) is 13.8 Å². The number of aromatic nitrogens is 3. The molecular formula is C22H22ClFN4O3. The highest BCUT2D eigenvalue weighted by Crippen LogP contribution is 2.33. The molecule has 1 fully saturated rings. The van der Waals surface area contributed by atoms with Gasteiger partial charge in [-0.25, -0.2) is 13.9 Å². The second-order valence-electron chi connectivity index (χ2n) is 8.27. The largest absolute Gasteiger partial charge is 0.489 e. The van der Waals surface area contributed by atoms with Crippen LogP contribution in [0.5, 0.6) is 5.75 Å². The molecule has 2 aliphatic rings. The Bertz CT molecular complexity index is 1210. The minimum atomic E-state index is -0.473. The van der Waals surface area contributed by atoms with Crippen LogP contribution in [0.4, 0.5) is 4.39 Å². The van der Waals surface area contributed by atoms with Crippen molar-refractivity contribution in [3.05, 3.63) is 57.2 Å². The zero-order chi connectivity index (χ0) is 21.9. The number of carbonyl (C=O) groups is 1. The average molecular weight is 445 g/mol. The highest BCUT2D eigenvalue weighted by atomic mass is 35.5. The Hall–Kier alpha value is -2.71. The van der Waals surface area contributed by atoms with Gasteiger partial charge in [0.25, 0.3) is 5.91 Å². The summed E-state index contributed by atoms with van der Waals surface area (Å²) in [5, 5.41) is 14.9. The molecule has 2 atom stereocenters. The van der Waals surface area contributed by atoms with E-state index in [1.165, 1.54) is 18.2 Å². The minimum absolute atomic E-state index is 0.208. The van der Waals surface area contributed by atoms with Crippen LogP contribution in [0.25, 0.3) is 5.65 Å². The zero-order valence-corrected chi connectivity index (χ0v) is 18.0. The second kappa shape index (κ2) is 7.46. The summed E-state index contributed by atoms with van der Waals surface area (Å²) in [4.78, 5) is 19.5. The first kappa shape index (κ1) is 20.2. The molecule has 162 valence electrons. The number of nitrogens with zero attached hydrogens (tertiary/aromatic N) is 4. The lowest BCUT2D eigenvalue weighted by atomic mass is 10.1. The summed E-state index contributed by atoms with van der Waals surface area (Å²) in [5.41, 5.74) is 4.18. The van der Waals surface area contributed by atoms with Crippen molar-refractivity contribution in [1.29, 1.82) is 0 Å². The number of hydrogen-bond acceptors (Lipinski definition) is 5. The average Bonchev–Trinajstić information content (AvgIpc) is 3.41. The van der Waals surface area contributed by atoms with Crippen LogP contribution >= 0.6 is 11.6 Å². The Morgan fingerprint density at radius 3 is 2.84 bits per heavy atom. The number of halogens is 2. The van der Waals surface area contributed by atoms with Crippen LogP contribution in [-0.2, 0) is 13.1 Å². The normalized spacial score (nSPS) is 20.5. The molecule has 1 saturated carbocycles. The monoisotopic (exact) mass is 444 g/mol. The predicted molar refractivity (Wildman–Crippen MR) is 112 cm³/mol. The number of hydrogen-bond donors (Lipinski definition) is 1. The van der Waals surface area contributed by atoms with E-state index in [9.17, 15) is 14.3 Å². The molecule has 3 heterocycles. The summed E-state index contributed by atoms with van der Waals surface area (Å²) in [6.07, 6.45) is 1.13. The van der Waals surface area contributed by atoms with Gasteiger partial charge in [0, 0.05) is 18.1 Å². The first-order chi connectivity index (χ1) is 14.8. The van der Waals surface area contributed by atoms with E-state index in [-0.39, 0.29) is 17.8 Å². The quantitative estimate of drug-likeness (QED) is 0.667. The summed E-state index contributed by atoms with van der Waals surface area (Å²) >= 11 is 6.30. The fraction of sp³-hybridized carbons (Fsp3) is 0.409. The van der Waals surface area contributed by atoms with Crippen LogP contribution in [0.15, 0.2) is 18.2 Å². The molecule has 1 aliphatic heterocycles. The molecule has 0 unspecified atom stereocenters. The molecule has 31 heavy (non-hydrogen) atoms. The number of amides is 1. The van der Waals surface area contributed by atoms with Gasteiger partial charge in [-0.3, -0.25) is 4.79 Å². The molecule has 2 aromatic heterocycles. The van der Waals surface area contributed by atoms with E-state index in [0.717, 1.165) is 17.0 Å². The molecule has 1 N–H and O–H groups in total. The van der Waals surface area contributed by atoms with Crippen LogP contribution in [0, 0.1) is 19.7 Å². The topological polar surface area (TPSA) is 80.0 Å². The van der Waals surface area contributed by atoms with Crippen molar-refractivity contribution in [2.45, 2.75) is 58.4 Å². The first-order valence-corrected chi connectivity index (χ1v) is 10.7. The summed E-state index contributed by atoms with van der Waals surface area (Å²) in [5.74, 6) is -0.522. The fourth-order valence-electron chi connectivity index (χ4n) is 4.40. The van der Waals surface area contributed by atoms with Crippen molar-refractivity contribution < 1.29 is 19.0 Å². The Morgan fingerprint density at radius 2 is 2.10 bits per heavy atom. The van der Waals surface area contributed by atoms with Crippen LogP contribution < -0.4 is 4.74 Å². The lowest BCUT2D eigenvalue weighted by molar-refractivity contribution is 0.0741. The van der Waals surface area contributed by atoms with Crippen LogP contribution in [0.2, 0.25) is 5.02 Å². The Balaban J connectivity index is 1.43. The summed E-state index contributed by atoms with van der Waals surface area (Å²) in [6.45, 7) is 4.41. The molecular weight excluding hydrogens is 423 g/mol. The van der Waals surface area contributed by atoms with E-state index >= 15 is 0 Å². The third-order valence-corrected chi connectivity index (χ3v) is 6.61. The third-order valence-electron chi connectivity index (χ3n) is 6.07. The lowest BCUT2D eigenvalue weighted by Crippen LogP contribution is -2.27. The molecule has 0 bridgehead atoms. The molecule has 1 amide bonds. The van der Waals surface area contributed by atoms with Gasteiger partial charge in [0.2, 0.25) is 0 Å². The fourth-order valence-corrected chi connectivity index (χ4v) is 4.52. The van der Waals surface area contributed by atoms with Crippen molar-refractivity contribution in [3.63, 3.8) is 0 Å². The molecule has 9 heteroatoms. The van der Waals surface area contributed by atoms with Crippen molar-refractivity contribution in [2.24, 2.45) is 0 Å². The highest BCUT2D eigenvalue weighted by Gasteiger charge is 2.32. The third kappa shape index (κ3) is 3.43. The number of rotatable bonds is 3. The molecule has 1 aliphatic carbocycles. The van der Waals surface area contributed by atoms with E-state index in [4.69, 9.17) is 16.3 Å². The maximum Gasteiger partial charge on any atom is 0.258 e. The summed E-state index contributed by atoms with van der Waals surface area (Å²) in [7, 11) is 0. The predicted octanol–water partition coefficient (Wildman–Crippen LogP) is 3.59. The van der Waals surface area contributed by atoms with Crippen molar-refractivity contribution in [1.82, 2.24) is 19.5 Å². The Kier molecular flexibility index (Phi) is 4.86. The van der Waals surface area contributed by atoms with Gasteiger partial charge in [0.15, 0.2) is 5.65 Å². The van der Waals surface area contributed by atoms with Crippen molar-refractivity contribution >= 4 is 23.2 Å². The summed E-state index contributed by atoms with van der Waals surface area (Å²) in [6, 6.07) is 3.95. The Labute approximate surface area is 183 Å². The molecule has 3 aromatic rings. The smallest absolute Gasteiger partial charge is 0.258 e. The van der Waals surface area contributed by atoms with E-state index < -0.39 is 11.9 Å². The van der Waals surface area contributed by atoms with E-state index in [1.54, 1.807) is 9.42 Å². The van der Waals surface area contributed by atoms with Gasteiger partial charge in [-0.1, -0.05) is 11.6 Å². The van der Waals surface area contributed by atoms with Crippen LogP contribution in [0.3, 0.4) is 0 Å².